The molecule has 6 atom stereocenters. The van der Waals surface area contributed by atoms with Gasteiger partial charge in [-0.2, -0.15) is 0 Å². The molecule has 0 spiro atoms. The summed E-state index contributed by atoms with van der Waals surface area (Å²) in [6.07, 6.45) is 6.52. The highest BCUT2D eigenvalue weighted by molar-refractivity contribution is 5.93. The van der Waals surface area contributed by atoms with Gasteiger partial charge in [0.2, 0.25) is 5.91 Å². The average Bonchev–Trinajstić information content (AvgIpc) is 3.48. The molecule has 1 heterocycles. The van der Waals surface area contributed by atoms with E-state index < -0.39 is 0 Å². The Morgan fingerprint density at radius 3 is 1.93 bits per heavy atom. The smallest absolute Gasteiger partial charge is 0.315 e. The van der Waals surface area contributed by atoms with Crippen LogP contribution >= 0.6 is 0 Å². The number of piperidine rings is 1. The minimum atomic E-state index is -0.289. The van der Waals surface area contributed by atoms with Crippen LogP contribution in [0, 0.1) is 40.4 Å². The fourth-order valence-electron chi connectivity index (χ4n) is 8.05. The number of rotatable bonds is 15. The number of likely N-dealkylation sites (tertiary alicyclic amines) is 1. The summed E-state index contributed by atoms with van der Waals surface area (Å²) >= 11 is 0. The third-order valence-electron chi connectivity index (χ3n) is 11.3. The van der Waals surface area contributed by atoms with Crippen molar-refractivity contribution in [3.63, 3.8) is 0 Å². The van der Waals surface area contributed by atoms with Crippen LogP contribution in [0.2, 0.25) is 0 Å². The summed E-state index contributed by atoms with van der Waals surface area (Å²) in [5.41, 5.74) is 4.12. The molecule has 2 aliphatic carbocycles. The second-order valence-corrected chi connectivity index (χ2v) is 18.3. The van der Waals surface area contributed by atoms with Gasteiger partial charge in [0, 0.05) is 36.8 Å². The zero-order chi connectivity index (χ0) is 43.1. The van der Waals surface area contributed by atoms with E-state index in [1.54, 1.807) is 19.9 Å². The van der Waals surface area contributed by atoms with Crippen LogP contribution in [-0.2, 0) is 27.2 Å². The third-order valence-corrected chi connectivity index (χ3v) is 11.3. The summed E-state index contributed by atoms with van der Waals surface area (Å²) in [6.45, 7) is 41.8. The maximum atomic E-state index is 13.5. The van der Waals surface area contributed by atoms with Crippen molar-refractivity contribution in [2.24, 2.45) is 40.4 Å². The predicted octanol–water partition coefficient (Wildman–Crippen LogP) is 9.88. The molecule has 3 N–H and O–H groups in total. The molecule has 3 amide bonds. The molecule has 8 nitrogen and oxygen atoms in total. The summed E-state index contributed by atoms with van der Waals surface area (Å²) in [7, 11) is 0. The molecule has 4 rings (SSSR count). The number of hydrogen-bond acceptors (Lipinski definition) is 5. The topological polar surface area (TPSA) is 108 Å². The Hall–Kier alpha value is -3.68. The number of urea groups is 1. The second kappa shape index (κ2) is 22.9. The molecule has 2 fully saturated rings. The van der Waals surface area contributed by atoms with Crippen molar-refractivity contribution in [3.8, 4) is 0 Å². The second-order valence-electron chi connectivity index (χ2n) is 18.3. The third kappa shape index (κ3) is 14.7. The van der Waals surface area contributed by atoms with Crippen molar-refractivity contribution >= 4 is 23.5 Å². The predicted molar refractivity (Wildman–Crippen MR) is 235 cm³/mol. The average molecular weight is 777 g/mol. The van der Waals surface area contributed by atoms with Crippen LogP contribution in [0.15, 0.2) is 61.3 Å². The molecule has 0 aromatic heterocycles. The first-order valence-corrected chi connectivity index (χ1v) is 21.2. The molecule has 3 aliphatic rings. The lowest BCUT2D eigenvalue weighted by Gasteiger charge is -2.39. The Kier molecular flexibility index (Phi) is 20.6. The van der Waals surface area contributed by atoms with Crippen molar-refractivity contribution in [2.45, 2.75) is 154 Å². The van der Waals surface area contributed by atoms with E-state index in [4.69, 9.17) is 0 Å². The highest BCUT2D eigenvalue weighted by atomic mass is 16.2. The lowest BCUT2D eigenvalue weighted by molar-refractivity contribution is -0.122. The van der Waals surface area contributed by atoms with E-state index in [1.165, 1.54) is 11.1 Å². The first-order valence-electron chi connectivity index (χ1n) is 21.2. The summed E-state index contributed by atoms with van der Waals surface area (Å²) in [4.78, 5) is 51.5. The maximum Gasteiger partial charge on any atom is 0.315 e. The van der Waals surface area contributed by atoms with Gasteiger partial charge in [0.15, 0.2) is 5.78 Å². The number of amides is 3. The van der Waals surface area contributed by atoms with Gasteiger partial charge in [-0.3, -0.25) is 9.59 Å². The number of benzene rings is 1. The zero-order valence-corrected chi connectivity index (χ0v) is 37.9. The van der Waals surface area contributed by atoms with Gasteiger partial charge in [-0.15, -0.1) is 6.58 Å². The van der Waals surface area contributed by atoms with Crippen molar-refractivity contribution in [3.05, 3.63) is 72.5 Å². The molecule has 1 saturated carbocycles. The van der Waals surface area contributed by atoms with Crippen LogP contribution in [-0.4, -0.2) is 59.6 Å². The largest absolute Gasteiger partial charge is 0.363 e. The van der Waals surface area contributed by atoms with Gasteiger partial charge in [0.05, 0.1) is 12.1 Å². The van der Waals surface area contributed by atoms with Gasteiger partial charge < -0.3 is 25.6 Å². The molecule has 1 aliphatic heterocycles. The Balaban J connectivity index is 0.000000689. The van der Waals surface area contributed by atoms with Crippen LogP contribution < -0.4 is 16.0 Å². The lowest BCUT2D eigenvalue weighted by Crippen LogP contribution is -2.55. The first-order chi connectivity index (χ1) is 26.1. The Morgan fingerprint density at radius 2 is 1.48 bits per heavy atom. The Bertz CT molecular complexity index is 1460. The highest BCUT2D eigenvalue weighted by Crippen LogP contribution is 2.65. The van der Waals surface area contributed by atoms with Crippen LogP contribution in [0.25, 0.3) is 0 Å². The minimum absolute atomic E-state index is 0.0548. The Morgan fingerprint density at radius 1 is 0.946 bits per heavy atom. The standard InChI is InChI=1S/C31H45N3O3.C11H19NO.C4H10.C2H6/c1-18(35)13-14-25(30(4,5)6)32-29(37)33-27(23-15-21-11-9-10-12-22(21)16-23)19(2)34-17-24-26(31(24,7)8)28(34)20(3)36;1-5-7-9(3)10(4)11(13)12-8-6-2;1-4(2)3;1-2/h9-12,23-28H,2,13-17H2,1,3-8H3,(H2,32,33,37);6,9H,2,4-5,7-8H2,1,3H3,(H,12,13);4H,1-3H3;1-2H3/t24-,25?,26-,27?,28?;;;/m0.../s1. The summed E-state index contributed by atoms with van der Waals surface area (Å²) < 4.78 is 0. The minimum Gasteiger partial charge on any atom is -0.363 e. The number of carbonyl (C=O) groups excluding carboxylic acids is 4. The number of hydrogen-bond donors (Lipinski definition) is 3. The van der Waals surface area contributed by atoms with E-state index in [9.17, 15) is 19.2 Å². The molecular weight excluding hydrogens is 697 g/mol. The lowest BCUT2D eigenvalue weighted by atomic mass is 9.83. The van der Waals surface area contributed by atoms with Gasteiger partial charge in [-0.1, -0.05) is 133 Å². The van der Waals surface area contributed by atoms with E-state index in [1.807, 2.05) is 20.8 Å². The van der Waals surface area contributed by atoms with E-state index in [0.717, 1.165) is 43.8 Å². The molecule has 0 bridgehead atoms. The van der Waals surface area contributed by atoms with E-state index >= 15 is 0 Å². The fourth-order valence-corrected chi connectivity index (χ4v) is 8.05. The molecule has 1 aromatic carbocycles. The summed E-state index contributed by atoms with van der Waals surface area (Å²) in [5, 5.41) is 9.17. The Labute approximate surface area is 342 Å². The van der Waals surface area contributed by atoms with Gasteiger partial charge in [0.25, 0.3) is 0 Å². The number of nitrogens with one attached hydrogen (secondary N) is 3. The van der Waals surface area contributed by atoms with E-state index in [0.29, 0.717) is 36.8 Å². The first kappa shape index (κ1) is 50.3. The van der Waals surface area contributed by atoms with Gasteiger partial charge >= 0.3 is 6.03 Å². The zero-order valence-electron chi connectivity index (χ0n) is 37.9. The SMILES string of the molecule is C=C(C(NC(=O)NC(CCC(C)=O)C(C)(C)C)C1Cc2ccccc2C1)N1C[C@H]2[C@@H](C1C(C)=O)C2(C)C.C=CCNC(=O)C(=C)C(C)CCC.CC.CC(C)C. The van der Waals surface area contributed by atoms with E-state index in [-0.39, 0.29) is 64.3 Å². The van der Waals surface area contributed by atoms with Crippen molar-refractivity contribution in [1.82, 2.24) is 20.9 Å². The van der Waals surface area contributed by atoms with Gasteiger partial charge in [-0.05, 0) is 91.1 Å². The van der Waals surface area contributed by atoms with Crippen molar-refractivity contribution in [2.75, 3.05) is 13.1 Å². The molecule has 56 heavy (non-hydrogen) atoms. The molecule has 1 saturated heterocycles. The highest BCUT2D eigenvalue weighted by Gasteiger charge is 2.68. The number of fused-ring (bicyclic) bond motifs is 2. The fraction of sp³-hybridized carbons (Fsp3) is 0.667. The monoisotopic (exact) mass is 777 g/mol. The van der Waals surface area contributed by atoms with Crippen LogP contribution in [0.1, 0.15) is 134 Å². The maximum absolute atomic E-state index is 13.5. The van der Waals surface area contributed by atoms with Crippen LogP contribution in [0.3, 0.4) is 0 Å². The molecule has 1 aromatic rings. The van der Waals surface area contributed by atoms with Crippen LogP contribution in [0.4, 0.5) is 4.79 Å². The number of Topliss-reactive ketones (excluding diaryl/α,β-unsaturated/α-hetero) is 2. The van der Waals surface area contributed by atoms with Crippen LogP contribution in [0.5, 0.6) is 0 Å². The normalized spacial score (nSPS) is 20.4. The number of ketones is 2. The summed E-state index contributed by atoms with van der Waals surface area (Å²) in [5.74, 6) is 2.33. The van der Waals surface area contributed by atoms with Gasteiger partial charge in [-0.25, -0.2) is 4.79 Å². The van der Waals surface area contributed by atoms with Crippen molar-refractivity contribution in [1.29, 1.82) is 0 Å². The number of nitrogens with zero attached hydrogens (tertiary/aromatic N) is 1. The number of carbonyl (C=O) groups is 4. The molecular formula is C48H80N4O4. The molecule has 8 heteroatoms. The van der Waals surface area contributed by atoms with Gasteiger partial charge in [0.1, 0.15) is 5.78 Å². The van der Waals surface area contributed by atoms with Crippen molar-refractivity contribution < 1.29 is 19.2 Å². The summed E-state index contributed by atoms with van der Waals surface area (Å²) in [6, 6.07) is 7.61. The molecule has 0 radical (unpaired) electrons. The van der Waals surface area contributed by atoms with E-state index in [2.05, 4.69) is 127 Å². The molecule has 316 valence electrons. The quantitative estimate of drug-likeness (QED) is 0.122. The molecule has 4 unspecified atom stereocenters.